The van der Waals surface area contributed by atoms with Gasteiger partial charge in [0.2, 0.25) is 6.10 Å². The van der Waals surface area contributed by atoms with Crippen LogP contribution in [0.25, 0.3) is 0 Å². The smallest absolute Gasteiger partial charge is 0.267 e. The highest BCUT2D eigenvalue weighted by atomic mass is 16.6. The van der Waals surface area contributed by atoms with E-state index in [1.807, 2.05) is 29.2 Å². The topological polar surface area (TPSA) is 64.8 Å². The number of fused-ring (bicyclic) bond motifs is 1. The van der Waals surface area contributed by atoms with Crippen molar-refractivity contribution in [3.63, 3.8) is 0 Å². The van der Waals surface area contributed by atoms with E-state index in [0.29, 0.717) is 24.6 Å². The highest BCUT2D eigenvalue weighted by Gasteiger charge is 2.33. The lowest BCUT2D eigenvalue weighted by molar-refractivity contribution is -0.143. The molecule has 0 bridgehead atoms. The maximum atomic E-state index is 12.7. The molecule has 0 aromatic heterocycles. The van der Waals surface area contributed by atoms with Gasteiger partial charge >= 0.3 is 0 Å². The summed E-state index contributed by atoms with van der Waals surface area (Å²) in [7, 11) is 0. The van der Waals surface area contributed by atoms with Gasteiger partial charge in [0.1, 0.15) is 6.61 Å². The SMILES string of the molecule is CCC(CC)N(CCN)C(=O)C1COc2ccccc2O1. The van der Waals surface area contributed by atoms with Crippen molar-refractivity contribution in [1.29, 1.82) is 0 Å². The molecule has 1 aliphatic heterocycles. The molecule has 0 aliphatic carbocycles. The molecule has 2 N–H and O–H groups in total. The van der Waals surface area contributed by atoms with Crippen LogP contribution in [0.2, 0.25) is 0 Å². The summed E-state index contributed by atoms with van der Waals surface area (Å²) in [6, 6.07) is 7.61. The van der Waals surface area contributed by atoms with Gasteiger partial charge in [0.25, 0.3) is 5.91 Å². The number of ether oxygens (including phenoxy) is 2. The molecule has 1 heterocycles. The summed E-state index contributed by atoms with van der Waals surface area (Å²) in [4.78, 5) is 14.6. The average Bonchev–Trinajstić information content (AvgIpc) is 2.54. The van der Waals surface area contributed by atoms with Gasteiger partial charge in [0.15, 0.2) is 11.5 Å². The van der Waals surface area contributed by atoms with E-state index < -0.39 is 6.10 Å². The first-order valence-electron chi connectivity index (χ1n) is 7.60. The van der Waals surface area contributed by atoms with Gasteiger partial charge in [-0.25, -0.2) is 0 Å². The fourth-order valence-corrected chi connectivity index (χ4v) is 2.67. The highest BCUT2D eigenvalue weighted by Crippen LogP contribution is 2.31. The van der Waals surface area contributed by atoms with Gasteiger partial charge < -0.3 is 20.1 Å². The van der Waals surface area contributed by atoms with E-state index in [0.717, 1.165) is 12.8 Å². The molecule has 1 aliphatic rings. The zero-order valence-corrected chi connectivity index (χ0v) is 12.7. The zero-order valence-electron chi connectivity index (χ0n) is 12.7. The van der Waals surface area contributed by atoms with Gasteiger partial charge in [0, 0.05) is 19.1 Å². The first-order valence-corrected chi connectivity index (χ1v) is 7.60. The maximum absolute atomic E-state index is 12.7. The van der Waals surface area contributed by atoms with Crippen LogP contribution in [0.1, 0.15) is 26.7 Å². The Morgan fingerprint density at radius 3 is 2.62 bits per heavy atom. The number of nitrogens with two attached hydrogens (primary N) is 1. The molecule has 0 saturated carbocycles. The minimum atomic E-state index is -0.591. The van der Waals surface area contributed by atoms with E-state index >= 15 is 0 Å². The van der Waals surface area contributed by atoms with E-state index in [2.05, 4.69) is 13.8 Å². The number of carbonyl (C=O) groups excluding carboxylic acids is 1. The Morgan fingerprint density at radius 2 is 2.00 bits per heavy atom. The second-order valence-corrected chi connectivity index (χ2v) is 5.15. The minimum Gasteiger partial charge on any atom is -0.485 e. The average molecular weight is 292 g/mol. The number of hydrogen-bond acceptors (Lipinski definition) is 4. The predicted molar refractivity (Wildman–Crippen MR) is 81.5 cm³/mol. The quantitative estimate of drug-likeness (QED) is 0.868. The third-order valence-corrected chi connectivity index (χ3v) is 3.82. The number of para-hydroxylation sites is 2. The van der Waals surface area contributed by atoms with E-state index in [9.17, 15) is 4.79 Å². The largest absolute Gasteiger partial charge is 0.485 e. The maximum Gasteiger partial charge on any atom is 0.267 e. The predicted octanol–water partition coefficient (Wildman–Crippen LogP) is 1.80. The third-order valence-electron chi connectivity index (χ3n) is 3.82. The van der Waals surface area contributed by atoms with Crippen LogP contribution < -0.4 is 15.2 Å². The van der Waals surface area contributed by atoms with E-state index in [-0.39, 0.29) is 18.6 Å². The summed E-state index contributed by atoms with van der Waals surface area (Å²) in [5, 5.41) is 0. The summed E-state index contributed by atoms with van der Waals surface area (Å²) >= 11 is 0. The number of nitrogens with zero attached hydrogens (tertiary/aromatic N) is 1. The lowest BCUT2D eigenvalue weighted by Crippen LogP contribution is -2.51. The first-order chi connectivity index (χ1) is 10.2. The molecule has 1 aromatic rings. The van der Waals surface area contributed by atoms with Crippen LogP contribution in [-0.2, 0) is 4.79 Å². The molecular weight excluding hydrogens is 268 g/mol. The molecular formula is C16H24N2O3. The summed E-state index contributed by atoms with van der Waals surface area (Å²) in [5.74, 6) is 1.28. The molecule has 2 rings (SSSR count). The van der Waals surface area contributed by atoms with Crippen molar-refractivity contribution in [3.05, 3.63) is 24.3 Å². The van der Waals surface area contributed by atoms with Crippen LogP contribution in [0, 0.1) is 0 Å². The van der Waals surface area contributed by atoms with Gasteiger partial charge in [-0.15, -0.1) is 0 Å². The first kappa shape index (κ1) is 15.6. The van der Waals surface area contributed by atoms with E-state index in [1.165, 1.54) is 0 Å². The Morgan fingerprint density at radius 1 is 1.33 bits per heavy atom. The Labute approximate surface area is 126 Å². The van der Waals surface area contributed by atoms with E-state index in [4.69, 9.17) is 15.2 Å². The molecule has 1 amide bonds. The van der Waals surface area contributed by atoms with Crippen molar-refractivity contribution < 1.29 is 14.3 Å². The number of rotatable bonds is 6. The molecule has 0 radical (unpaired) electrons. The summed E-state index contributed by atoms with van der Waals surface area (Å²) in [5.41, 5.74) is 5.65. The molecule has 5 heteroatoms. The van der Waals surface area contributed by atoms with Gasteiger partial charge in [-0.05, 0) is 25.0 Å². The second-order valence-electron chi connectivity index (χ2n) is 5.15. The van der Waals surface area contributed by atoms with Gasteiger partial charge in [-0.2, -0.15) is 0 Å². The molecule has 0 spiro atoms. The number of carbonyl (C=O) groups is 1. The molecule has 1 unspecified atom stereocenters. The second kappa shape index (κ2) is 7.31. The molecule has 1 aromatic carbocycles. The summed E-state index contributed by atoms with van der Waals surface area (Å²) in [6.07, 6.45) is 1.23. The van der Waals surface area contributed by atoms with Gasteiger partial charge in [-0.1, -0.05) is 26.0 Å². The highest BCUT2D eigenvalue weighted by molar-refractivity contribution is 5.82. The van der Waals surface area contributed by atoms with Crippen LogP contribution in [0.4, 0.5) is 0 Å². The third kappa shape index (κ3) is 3.47. The zero-order chi connectivity index (χ0) is 15.2. The molecule has 5 nitrogen and oxygen atoms in total. The number of benzene rings is 1. The van der Waals surface area contributed by atoms with Gasteiger partial charge in [-0.3, -0.25) is 4.79 Å². The Balaban J connectivity index is 2.11. The lowest BCUT2D eigenvalue weighted by atomic mass is 10.1. The van der Waals surface area contributed by atoms with Crippen molar-refractivity contribution in [2.75, 3.05) is 19.7 Å². The van der Waals surface area contributed by atoms with Crippen molar-refractivity contribution in [1.82, 2.24) is 4.90 Å². The van der Waals surface area contributed by atoms with Crippen molar-refractivity contribution in [2.45, 2.75) is 38.8 Å². The molecule has 116 valence electrons. The fourth-order valence-electron chi connectivity index (χ4n) is 2.67. The number of amides is 1. The Bertz CT molecular complexity index is 474. The van der Waals surface area contributed by atoms with Crippen LogP contribution in [0.15, 0.2) is 24.3 Å². The van der Waals surface area contributed by atoms with Crippen LogP contribution in [-0.4, -0.2) is 42.6 Å². The summed E-state index contributed by atoms with van der Waals surface area (Å²) < 4.78 is 11.4. The van der Waals surface area contributed by atoms with Gasteiger partial charge in [0.05, 0.1) is 0 Å². The fraction of sp³-hybridized carbons (Fsp3) is 0.562. The molecule has 21 heavy (non-hydrogen) atoms. The Kier molecular flexibility index (Phi) is 5.44. The van der Waals surface area contributed by atoms with Crippen molar-refractivity contribution >= 4 is 5.91 Å². The van der Waals surface area contributed by atoms with Crippen LogP contribution in [0.5, 0.6) is 11.5 Å². The van der Waals surface area contributed by atoms with Crippen molar-refractivity contribution in [2.24, 2.45) is 5.73 Å². The number of hydrogen-bond donors (Lipinski definition) is 1. The molecule has 0 fully saturated rings. The van der Waals surface area contributed by atoms with Crippen molar-refractivity contribution in [3.8, 4) is 11.5 Å². The standard InChI is InChI=1S/C16H24N2O3/c1-3-12(4-2)18(10-9-17)16(19)15-11-20-13-7-5-6-8-14(13)21-15/h5-8,12,15H,3-4,9-11,17H2,1-2H3. The van der Waals surface area contributed by atoms with E-state index in [1.54, 1.807) is 0 Å². The normalized spacial score (nSPS) is 16.9. The van der Waals surface area contributed by atoms with Crippen LogP contribution >= 0.6 is 0 Å². The monoisotopic (exact) mass is 292 g/mol. The summed E-state index contributed by atoms with van der Waals surface area (Å²) in [6.45, 7) is 5.41. The molecule has 1 atom stereocenters. The van der Waals surface area contributed by atoms with Crippen LogP contribution in [0.3, 0.4) is 0 Å². The lowest BCUT2D eigenvalue weighted by Gasteiger charge is -2.34. The molecule has 0 saturated heterocycles. The minimum absolute atomic E-state index is 0.0383. The Hall–Kier alpha value is -1.75.